The molecule has 1 aromatic carbocycles. The third kappa shape index (κ3) is 3.96. The lowest BCUT2D eigenvalue weighted by Gasteiger charge is -2.05. The van der Waals surface area contributed by atoms with Gasteiger partial charge in [0.05, 0.1) is 0 Å². The maximum Gasteiger partial charge on any atom is 0.315 e. The van der Waals surface area contributed by atoms with E-state index in [9.17, 15) is 13.6 Å². The lowest BCUT2D eigenvalue weighted by atomic mass is 10.1. The fourth-order valence-electron chi connectivity index (χ4n) is 1.33. The maximum absolute atomic E-state index is 11.9. The molecule has 0 aliphatic rings. The second-order valence-corrected chi connectivity index (χ2v) is 3.59. The number of carbonyl (C=O) groups is 1. The molecule has 0 saturated heterocycles. The van der Waals surface area contributed by atoms with Gasteiger partial charge in [-0.1, -0.05) is 25.5 Å². The van der Waals surface area contributed by atoms with Gasteiger partial charge >= 0.3 is 6.43 Å². The molecule has 4 heteroatoms. The molecule has 0 bridgehead atoms. The van der Waals surface area contributed by atoms with Gasteiger partial charge in [-0.2, -0.15) is 8.78 Å². The quantitative estimate of drug-likeness (QED) is 0.822. The van der Waals surface area contributed by atoms with Gasteiger partial charge in [-0.3, -0.25) is 4.79 Å². The van der Waals surface area contributed by atoms with Crippen LogP contribution in [0.2, 0.25) is 0 Å². The lowest BCUT2D eigenvalue weighted by molar-refractivity contribution is -0.126. The minimum absolute atomic E-state index is 0.408. The number of nitrogens with one attached hydrogen (secondary N) is 1. The van der Waals surface area contributed by atoms with Gasteiger partial charge in [0.25, 0.3) is 5.91 Å². The number of amides is 1. The van der Waals surface area contributed by atoms with Crippen LogP contribution in [-0.2, 0) is 11.2 Å². The second kappa shape index (κ2) is 6.20. The number of rotatable bonds is 5. The summed E-state index contributed by atoms with van der Waals surface area (Å²) in [7, 11) is 0. The Balaban J connectivity index is 2.54. The fraction of sp³-hybridized carbons (Fsp3) is 0.417. The first kappa shape index (κ1) is 12.6. The number of aryl methyl sites for hydroxylation is 1. The highest BCUT2D eigenvalue weighted by Crippen LogP contribution is 2.12. The number of anilines is 1. The number of halogens is 2. The fourth-order valence-corrected chi connectivity index (χ4v) is 1.33. The maximum atomic E-state index is 11.9. The highest BCUT2D eigenvalue weighted by molar-refractivity contribution is 5.92. The van der Waals surface area contributed by atoms with Crippen LogP contribution >= 0.6 is 0 Å². The SMILES string of the molecule is CCCCc1ccc(NC(=O)C(F)F)cc1. The summed E-state index contributed by atoms with van der Waals surface area (Å²) in [5, 5.41) is 2.14. The summed E-state index contributed by atoms with van der Waals surface area (Å²) in [4.78, 5) is 10.7. The molecule has 1 rings (SSSR count). The largest absolute Gasteiger partial charge is 0.321 e. The first-order chi connectivity index (χ1) is 7.63. The highest BCUT2D eigenvalue weighted by Gasteiger charge is 2.14. The van der Waals surface area contributed by atoms with E-state index in [1.54, 1.807) is 12.1 Å². The molecule has 0 aliphatic carbocycles. The minimum Gasteiger partial charge on any atom is -0.321 e. The van der Waals surface area contributed by atoms with Crippen LogP contribution in [0.5, 0.6) is 0 Å². The summed E-state index contributed by atoms with van der Waals surface area (Å²) in [6.07, 6.45) is 0.214. The summed E-state index contributed by atoms with van der Waals surface area (Å²) in [6, 6.07) is 6.98. The van der Waals surface area contributed by atoms with Crippen molar-refractivity contribution in [3.8, 4) is 0 Å². The number of carbonyl (C=O) groups excluding carboxylic acids is 1. The van der Waals surface area contributed by atoms with Crippen molar-refractivity contribution in [2.24, 2.45) is 0 Å². The summed E-state index contributed by atoms with van der Waals surface area (Å²) in [5.74, 6) is -1.26. The summed E-state index contributed by atoms with van der Waals surface area (Å²) >= 11 is 0. The Labute approximate surface area is 93.7 Å². The Kier molecular flexibility index (Phi) is 4.89. The van der Waals surface area contributed by atoms with Gasteiger partial charge in [0.1, 0.15) is 0 Å². The van der Waals surface area contributed by atoms with Crippen molar-refractivity contribution in [3.63, 3.8) is 0 Å². The van der Waals surface area contributed by atoms with Crippen LogP contribution in [0.25, 0.3) is 0 Å². The number of hydrogen-bond donors (Lipinski definition) is 1. The summed E-state index contributed by atoms with van der Waals surface area (Å²) < 4.78 is 23.9. The van der Waals surface area contributed by atoms with Crippen LogP contribution in [0.15, 0.2) is 24.3 Å². The van der Waals surface area contributed by atoms with Crippen molar-refractivity contribution in [1.82, 2.24) is 0 Å². The van der Waals surface area contributed by atoms with E-state index in [1.807, 2.05) is 12.1 Å². The van der Waals surface area contributed by atoms with E-state index in [1.165, 1.54) is 0 Å². The molecule has 0 spiro atoms. The Bertz CT molecular complexity index is 335. The van der Waals surface area contributed by atoms with Gasteiger partial charge in [0.15, 0.2) is 0 Å². The topological polar surface area (TPSA) is 29.1 Å². The highest BCUT2D eigenvalue weighted by atomic mass is 19.3. The van der Waals surface area contributed by atoms with Gasteiger partial charge in [-0.05, 0) is 30.5 Å². The normalized spacial score (nSPS) is 10.5. The van der Waals surface area contributed by atoms with E-state index < -0.39 is 12.3 Å². The van der Waals surface area contributed by atoms with Crippen LogP contribution in [0.3, 0.4) is 0 Å². The van der Waals surface area contributed by atoms with Crippen molar-refractivity contribution in [3.05, 3.63) is 29.8 Å². The summed E-state index contributed by atoms with van der Waals surface area (Å²) in [6.45, 7) is 2.11. The zero-order valence-electron chi connectivity index (χ0n) is 9.17. The molecule has 0 aliphatic heterocycles. The molecule has 0 saturated carbocycles. The smallest absolute Gasteiger partial charge is 0.315 e. The molecule has 0 heterocycles. The molecule has 0 unspecified atom stereocenters. The standard InChI is InChI=1S/C12H15F2NO/c1-2-3-4-9-5-7-10(8-6-9)15-12(16)11(13)14/h5-8,11H,2-4H2,1H3,(H,15,16). The van der Waals surface area contributed by atoms with Gasteiger partial charge < -0.3 is 5.32 Å². The van der Waals surface area contributed by atoms with Crippen molar-refractivity contribution in [2.75, 3.05) is 5.32 Å². The van der Waals surface area contributed by atoms with E-state index in [0.717, 1.165) is 24.8 Å². The molecular weight excluding hydrogens is 212 g/mol. The number of hydrogen-bond acceptors (Lipinski definition) is 1. The molecule has 0 fully saturated rings. The van der Waals surface area contributed by atoms with E-state index in [-0.39, 0.29) is 0 Å². The van der Waals surface area contributed by atoms with E-state index >= 15 is 0 Å². The molecule has 0 atom stereocenters. The van der Waals surface area contributed by atoms with E-state index in [0.29, 0.717) is 5.69 Å². The Morgan fingerprint density at radius 2 is 1.94 bits per heavy atom. The number of benzene rings is 1. The van der Waals surface area contributed by atoms with Gasteiger partial charge in [-0.25, -0.2) is 0 Å². The Hall–Kier alpha value is -1.45. The van der Waals surface area contributed by atoms with Gasteiger partial charge in [0.2, 0.25) is 0 Å². The van der Waals surface area contributed by atoms with Crippen molar-refractivity contribution >= 4 is 11.6 Å². The molecular formula is C12H15F2NO. The third-order valence-electron chi connectivity index (χ3n) is 2.24. The zero-order valence-corrected chi connectivity index (χ0v) is 9.17. The molecule has 1 aromatic rings. The Morgan fingerprint density at radius 3 is 2.44 bits per heavy atom. The number of unbranched alkanes of at least 4 members (excludes halogenated alkanes) is 1. The average molecular weight is 227 g/mol. The predicted octanol–water partition coefficient (Wildman–Crippen LogP) is 3.23. The van der Waals surface area contributed by atoms with Crippen LogP contribution < -0.4 is 5.32 Å². The third-order valence-corrected chi connectivity index (χ3v) is 2.24. The average Bonchev–Trinajstić information content (AvgIpc) is 2.28. The van der Waals surface area contributed by atoms with Crippen molar-refractivity contribution in [1.29, 1.82) is 0 Å². The van der Waals surface area contributed by atoms with Gasteiger partial charge in [-0.15, -0.1) is 0 Å². The molecule has 1 N–H and O–H groups in total. The summed E-state index contributed by atoms with van der Waals surface area (Å²) in [5.41, 5.74) is 1.56. The zero-order chi connectivity index (χ0) is 12.0. The molecule has 88 valence electrons. The molecule has 16 heavy (non-hydrogen) atoms. The molecule has 0 aromatic heterocycles. The second-order valence-electron chi connectivity index (χ2n) is 3.59. The van der Waals surface area contributed by atoms with Crippen LogP contribution in [-0.4, -0.2) is 12.3 Å². The first-order valence-electron chi connectivity index (χ1n) is 5.31. The molecule has 0 radical (unpaired) electrons. The van der Waals surface area contributed by atoms with Crippen LogP contribution in [0, 0.1) is 0 Å². The monoisotopic (exact) mass is 227 g/mol. The van der Waals surface area contributed by atoms with Crippen molar-refractivity contribution in [2.45, 2.75) is 32.6 Å². The molecule has 1 amide bonds. The molecule has 2 nitrogen and oxygen atoms in total. The van der Waals surface area contributed by atoms with Crippen LogP contribution in [0.1, 0.15) is 25.3 Å². The van der Waals surface area contributed by atoms with Crippen LogP contribution in [0.4, 0.5) is 14.5 Å². The van der Waals surface area contributed by atoms with Gasteiger partial charge in [0, 0.05) is 5.69 Å². The predicted molar refractivity (Wildman–Crippen MR) is 59.7 cm³/mol. The Morgan fingerprint density at radius 1 is 1.31 bits per heavy atom. The first-order valence-corrected chi connectivity index (χ1v) is 5.31. The minimum atomic E-state index is -2.97. The van der Waals surface area contributed by atoms with E-state index in [4.69, 9.17) is 0 Å². The lowest BCUT2D eigenvalue weighted by Crippen LogP contribution is -2.19. The van der Waals surface area contributed by atoms with E-state index in [2.05, 4.69) is 12.2 Å². The number of alkyl halides is 2. The van der Waals surface area contributed by atoms with Crippen molar-refractivity contribution < 1.29 is 13.6 Å².